The van der Waals surface area contributed by atoms with Gasteiger partial charge in [-0.1, -0.05) is 45.6 Å². The Bertz CT molecular complexity index is 1390. The topological polar surface area (TPSA) is 136 Å². The molecule has 0 fully saturated rings. The number of aromatic amines is 1. The van der Waals surface area contributed by atoms with E-state index in [0.29, 0.717) is 25.0 Å². The van der Waals surface area contributed by atoms with E-state index in [2.05, 4.69) is 27.5 Å². The van der Waals surface area contributed by atoms with Crippen LogP contribution < -0.4 is 20.7 Å². The third-order valence-electron chi connectivity index (χ3n) is 8.41. The van der Waals surface area contributed by atoms with Gasteiger partial charge in [-0.2, -0.15) is 0 Å². The summed E-state index contributed by atoms with van der Waals surface area (Å²) in [6, 6.07) is 1.19. The summed E-state index contributed by atoms with van der Waals surface area (Å²) in [5.74, 6) is -1.61. The summed E-state index contributed by atoms with van der Waals surface area (Å²) in [5, 5.41) is 19.9. The van der Waals surface area contributed by atoms with Crippen molar-refractivity contribution in [3.63, 3.8) is 0 Å². The molecule has 3 rings (SSSR count). The number of hydrogen-bond donors (Lipinski definition) is 5. The number of likely N-dealkylation sites (N-methyl/N-ethyl adjacent to an activating group) is 1. The molecule has 0 bridgehead atoms. The summed E-state index contributed by atoms with van der Waals surface area (Å²) >= 11 is 0. The molecule has 0 spiro atoms. The van der Waals surface area contributed by atoms with Crippen LogP contribution in [0.5, 0.6) is 5.75 Å². The Balaban J connectivity index is 2.05. The van der Waals surface area contributed by atoms with Crippen LogP contribution in [0, 0.1) is 11.7 Å². The van der Waals surface area contributed by atoms with Crippen LogP contribution in [0.2, 0.25) is 0 Å². The predicted molar refractivity (Wildman–Crippen MR) is 179 cm³/mol. The van der Waals surface area contributed by atoms with E-state index in [-0.39, 0.29) is 31.5 Å². The van der Waals surface area contributed by atoms with Gasteiger partial charge in [-0.25, -0.2) is 4.39 Å². The first-order valence-electron chi connectivity index (χ1n) is 16.1. The Kier molecular flexibility index (Phi) is 13.6. The number of hydrogen-bond acceptors (Lipinski definition) is 6. The molecule has 3 amide bonds. The van der Waals surface area contributed by atoms with Gasteiger partial charge < -0.3 is 35.7 Å². The summed E-state index contributed by atoms with van der Waals surface area (Å²) in [4.78, 5) is 45.9. The van der Waals surface area contributed by atoms with Gasteiger partial charge in [-0.05, 0) is 62.3 Å². The average molecular weight is 640 g/mol. The fourth-order valence-electron chi connectivity index (χ4n) is 5.82. The number of aliphatic hydroxyl groups excluding tert-OH is 1. The third kappa shape index (κ3) is 9.29. The first-order chi connectivity index (χ1) is 21.9. The van der Waals surface area contributed by atoms with Gasteiger partial charge in [0.15, 0.2) is 0 Å². The van der Waals surface area contributed by atoms with Crippen molar-refractivity contribution >= 4 is 29.9 Å². The van der Waals surface area contributed by atoms with E-state index in [4.69, 9.17) is 4.74 Å². The van der Waals surface area contributed by atoms with E-state index in [0.717, 1.165) is 22.4 Å². The standard InChI is InChI=1S/C35H50FN5O5/c1-8-11-27-24(20-38-28(27)10-3)18-29-33(43)39-26(9-2)15-13-23-12-14-25(36)19-30(23)46-17-16-37-31(21(4)5)35(45)41(7)32(22(6)42)34(44)40-29/h8,10-12,14,19-22,26,29,31-32,37-38,42H,3,9,13,15-18H2,1-2,4-7H3,(H,39,43)(H,40,44). The zero-order valence-electron chi connectivity index (χ0n) is 27.9. The number of H-pyrrole nitrogens is 1. The highest BCUT2D eigenvalue weighted by atomic mass is 19.1. The molecule has 5 N–H and O–H groups in total. The molecule has 2 heterocycles. The van der Waals surface area contributed by atoms with Crippen LogP contribution in [-0.2, 0) is 27.2 Å². The molecule has 0 aliphatic carbocycles. The quantitative estimate of drug-likeness (QED) is 0.314. The number of aromatic nitrogens is 1. The molecule has 10 nitrogen and oxygen atoms in total. The van der Waals surface area contributed by atoms with Gasteiger partial charge in [0.1, 0.15) is 30.3 Å². The van der Waals surface area contributed by atoms with Crippen LogP contribution >= 0.6 is 0 Å². The first kappa shape index (κ1) is 36.5. The smallest absolute Gasteiger partial charge is 0.246 e. The van der Waals surface area contributed by atoms with E-state index < -0.39 is 47.8 Å². The predicted octanol–water partition coefficient (Wildman–Crippen LogP) is 3.60. The fourth-order valence-corrected chi connectivity index (χ4v) is 5.82. The van der Waals surface area contributed by atoms with E-state index in [1.54, 1.807) is 18.3 Å². The number of nitrogens with one attached hydrogen (secondary N) is 4. The highest BCUT2D eigenvalue weighted by Gasteiger charge is 2.37. The van der Waals surface area contributed by atoms with Crippen LogP contribution in [0.15, 0.2) is 37.1 Å². The van der Waals surface area contributed by atoms with Crippen LogP contribution in [0.1, 0.15) is 69.8 Å². The van der Waals surface area contributed by atoms with Crippen molar-refractivity contribution in [2.45, 2.75) is 90.6 Å². The van der Waals surface area contributed by atoms with Crippen molar-refractivity contribution in [3.05, 3.63) is 65.3 Å². The molecule has 1 aromatic carbocycles. The highest BCUT2D eigenvalue weighted by molar-refractivity contribution is 5.93. The number of carbonyl (C=O) groups is 3. The number of amides is 3. The SMILES string of the molecule is C=Cc1[nH]cc(CC2NC(=O)C(C(C)O)N(C)C(=O)C(C(C)C)NCCOc3cc(F)ccc3CCC(CC)NC2=O)c1C=CC. The van der Waals surface area contributed by atoms with Crippen LogP contribution in [0.3, 0.4) is 0 Å². The number of allylic oxidation sites excluding steroid dienone is 1. The molecule has 2 aromatic rings. The monoisotopic (exact) mass is 639 g/mol. The summed E-state index contributed by atoms with van der Waals surface area (Å²) in [5.41, 5.74) is 3.22. The molecule has 0 saturated heterocycles. The molecule has 1 aliphatic rings. The number of aliphatic hydroxyl groups is 1. The maximum Gasteiger partial charge on any atom is 0.246 e. The molecular formula is C35H50FN5O5. The lowest BCUT2D eigenvalue weighted by molar-refractivity contribution is -0.145. The fraction of sp³-hybridized carbons (Fsp3) is 0.514. The normalized spacial score (nSPS) is 23.2. The lowest BCUT2D eigenvalue weighted by Gasteiger charge is -2.34. The minimum atomic E-state index is -1.26. The molecule has 252 valence electrons. The lowest BCUT2D eigenvalue weighted by Crippen LogP contribution is -2.61. The van der Waals surface area contributed by atoms with Crippen molar-refractivity contribution in [2.75, 3.05) is 20.2 Å². The van der Waals surface area contributed by atoms with E-state index in [1.165, 1.54) is 31.0 Å². The van der Waals surface area contributed by atoms with Gasteiger partial charge in [-0.3, -0.25) is 14.4 Å². The number of rotatable bonds is 7. The molecule has 0 saturated carbocycles. The highest BCUT2D eigenvalue weighted by Crippen LogP contribution is 2.24. The molecule has 5 unspecified atom stereocenters. The zero-order chi connectivity index (χ0) is 34.0. The minimum absolute atomic E-state index is 0.147. The number of ether oxygens (including phenoxy) is 1. The number of fused-ring (bicyclic) bond motifs is 1. The van der Waals surface area contributed by atoms with Crippen LogP contribution in [0.4, 0.5) is 4.39 Å². The summed E-state index contributed by atoms with van der Waals surface area (Å²) in [6.45, 7) is 13.4. The number of carbonyl (C=O) groups excluding carboxylic acids is 3. The second kappa shape index (κ2) is 17.1. The van der Waals surface area contributed by atoms with Gasteiger partial charge in [-0.15, -0.1) is 0 Å². The maximum atomic E-state index is 14.2. The Morgan fingerprint density at radius 3 is 2.54 bits per heavy atom. The molecular weight excluding hydrogens is 589 g/mol. The summed E-state index contributed by atoms with van der Waals surface area (Å²) in [6.07, 6.45) is 7.87. The van der Waals surface area contributed by atoms with Gasteiger partial charge >= 0.3 is 0 Å². The van der Waals surface area contributed by atoms with Gasteiger partial charge in [0.05, 0.1) is 12.1 Å². The lowest BCUT2D eigenvalue weighted by atomic mass is 9.98. The average Bonchev–Trinajstić information content (AvgIpc) is 3.39. The molecule has 5 atom stereocenters. The van der Waals surface area contributed by atoms with E-state index in [9.17, 15) is 23.9 Å². The Hall–Kier alpha value is -3.96. The van der Waals surface area contributed by atoms with Gasteiger partial charge in [0.25, 0.3) is 0 Å². The number of nitrogens with zero attached hydrogens (tertiary/aromatic N) is 1. The van der Waals surface area contributed by atoms with Gasteiger partial charge in [0.2, 0.25) is 17.7 Å². The van der Waals surface area contributed by atoms with Crippen molar-refractivity contribution in [1.29, 1.82) is 0 Å². The van der Waals surface area contributed by atoms with E-state index >= 15 is 0 Å². The minimum Gasteiger partial charge on any atom is -0.492 e. The second-order valence-electron chi connectivity index (χ2n) is 12.2. The number of benzene rings is 1. The second-order valence-corrected chi connectivity index (χ2v) is 12.2. The maximum absolute atomic E-state index is 14.2. The zero-order valence-corrected chi connectivity index (χ0v) is 27.9. The Morgan fingerprint density at radius 1 is 1.17 bits per heavy atom. The van der Waals surface area contributed by atoms with Crippen molar-refractivity contribution < 1.29 is 28.6 Å². The number of halogens is 1. The molecule has 11 heteroatoms. The van der Waals surface area contributed by atoms with Crippen LogP contribution in [0.25, 0.3) is 12.2 Å². The molecule has 0 radical (unpaired) electrons. The van der Waals surface area contributed by atoms with Crippen molar-refractivity contribution in [2.24, 2.45) is 5.92 Å². The Morgan fingerprint density at radius 2 is 1.91 bits per heavy atom. The molecule has 46 heavy (non-hydrogen) atoms. The van der Waals surface area contributed by atoms with Gasteiger partial charge in [0, 0.05) is 49.6 Å². The summed E-state index contributed by atoms with van der Waals surface area (Å²) in [7, 11) is 1.47. The molecule has 1 aromatic heterocycles. The van der Waals surface area contributed by atoms with Crippen LogP contribution in [-0.4, -0.2) is 83.2 Å². The van der Waals surface area contributed by atoms with Crippen molar-refractivity contribution in [1.82, 2.24) is 25.8 Å². The third-order valence-corrected chi connectivity index (χ3v) is 8.41. The summed E-state index contributed by atoms with van der Waals surface area (Å²) < 4.78 is 20.2. The first-order valence-corrected chi connectivity index (χ1v) is 16.1. The largest absolute Gasteiger partial charge is 0.492 e. The van der Waals surface area contributed by atoms with Crippen molar-refractivity contribution in [3.8, 4) is 5.75 Å². The number of aryl methyl sites for hydroxylation is 1. The Labute approximate surface area is 271 Å². The molecule has 1 aliphatic heterocycles. The van der Waals surface area contributed by atoms with E-state index in [1.807, 2.05) is 39.8 Å².